The van der Waals surface area contributed by atoms with Crippen LogP contribution in [0.25, 0.3) is 0 Å². The third-order valence-electron chi connectivity index (χ3n) is 4.03. The van der Waals surface area contributed by atoms with Gasteiger partial charge in [-0.15, -0.1) is 24.0 Å². The van der Waals surface area contributed by atoms with Gasteiger partial charge in [-0.2, -0.15) is 0 Å². The van der Waals surface area contributed by atoms with Crippen LogP contribution < -0.4 is 11.1 Å². The molecule has 4 nitrogen and oxygen atoms in total. The number of nitrogens with two attached hydrogens (primary N) is 1. The Bertz CT molecular complexity index is 546. The number of nitrogens with zero attached hydrogens (tertiary/aromatic N) is 1. The van der Waals surface area contributed by atoms with Crippen molar-refractivity contribution in [2.75, 3.05) is 6.54 Å². The third kappa shape index (κ3) is 5.87. The number of nitrogens with one attached hydrogen (secondary N) is 1. The lowest BCUT2D eigenvalue weighted by Gasteiger charge is -2.25. The molecule has 1 unspecified atom stereocenters. The molecule has 0 aliphatic heterocycles. The zero-order chi connectivity index (χ0) is 16.2. The average Bonchev–Trinajstić information content (AvgIpc) is 2.46. The van der Waals surface area contributed by atoms with Gasteiger partial charge in [0.15, 0.2) is 5.96 Å². The summed E-state index contributed by atoms with van der Waals surface area (Å²) in [6, 6.07) is 3.40. The Labute approximate surface area is 152 Å². The Morgan fingerprint density at radius 2 is 2.00 bits per heavy atom. The highest BCUT2D eigenvalue weighted by Crippen LogP contribution is 2.24. The van der Waals surface area contributed by atoms with Crippen molar-refractivity contribution in [2.45, 2.75) is 50.7 Å². The molecule has 4 N–H and O–H groups in total. The second kappa shape index (κ2) is 8.77. The molecule has 0 amide bonds. The highest BCUT2D eigenvalue weighted by Gasteiger charge is 2.27. The number of hydrogen-bond donors (Lipinski definition) is 3. The molecule has 1 fully saturated rings. The summed E-state index contributed by atoms with van der Waals surface area (Å²) in [5.74, 6) is -1.23. The van der Waals surface area contributed by atoms with Gasteiger partial charge >= 0.3 is 0 Å². The molecule has 1 aromatic rings. The van der Waals surface area contributed by atoms with E-state index >= 15 is 0 Å². The number of aliphatic hydroxyl groups is 1. The minimum atomic E-state index is -1.54. The fourth-order valence-electron chi connectivity index (χ4n) is 2.75. The van der Waals surface area contributed by atoms with Crippen molar-refractivity contribution in [3.05, 3.63) is 35.4 Å². The van der Waals surface area contributed by atoms with Crippen LogP contribution in [0.2, 0.25) is 0 Å². The Hall–Kier alpha value is -0.960. The maximum absolute atomic E-state index is 13.7. The smallest absolute Gasteiger partial charge is 0.188 e. The van der Waals surface area contributed by atoms with Crippen LogP contribution in [0.4, 0.5) is 8.78 Å². The summed E-state index contributed by atoms with van der Waals surface area (Å²) >= 11 is 0. The highest BCUT2D eigenvalue weighted by atomic mass is 127. The van der Waals surface area contributed by atoms with E-state index in [0.29, 0.717) is 6.04 Å². The summed E-state index contributed by atoms with van der Waals surface area (Å²) in [4.78, 5) is 4.10. The first-order valence-electron chi connectivity index (χ1n) is 7.63. The van der Waals surface area contributed by atoms with Gasteiger partial charge in [0, 0.05) is 17.7 Å². The van der Waals surface area contributed by atoms with Crippen LogP contribution in [0.15, 0.2) is 23.2 Å². The molecular formula is C16H24F2IN3O. The molecular weight excluding hydrogens is 415 g/mol. The lowest BCUT2D eigenvalue weighted by Crippen LogP contribution is -2.42. The second-order valence-corrected chi connectivity index (χ2v) is 6.08. The molecule has 1 aliphatic carbocycles. The van der Waals surface area contributed by atoms with Gasteiger partial charge < -0.3 is 16.2 Å². The summed E-state index contributed by atoms with van der Waals surface area (Å²) < 4.78 is 26.7. The lowest BCUT2D eigenvalue weighted by atomic mass is 9.95. The van der Waals surface area contributed by atoms with E-state index in [2.05, 4.69) is 10.3 Å². The van der Waals surface area contributed by atoms with E-state index in [1.54, 1.807) is 0 Å². The maximum atomic E-state index is 13.7. The molecule has 0 radical (unpaired) electrons. The zero-order valence-electron chi connectivity index (χ0n) is 13.2. The molecule has 0 bridgehead atoms. The van der Waals surface area contributed by atoms with Crippen molar-refractivity contribution in [2.24, 2.45) is 10.7 Å². The first-order chi connectivity index (χ1) is 10.4. The predicted molar refractivity (Wildman–Crippen MR) is 97.8 cm³/mol. The van der Waals surface area contributed by atoms with Gasteiger partial charge in [0.05, 0.1) is 6.54 Å². The van der Waals surface area contributed by atoms with E-state index in [0.717, 1.165) is 25.0 Å². The van der Waals surface area contributed by atoms with Crippen LogP contribution >= 0.6 is 24.0 Å². The quantitative estimate of drug-likeness (QED) is 0.384. The zero-order valence-corrected chi connectivity index (χ0v) is 15.5. The maximum Gasteiger partial charge on any atom is 0.188 e. The van der Waals surface area contributed by atoms with Gasteiger partial charge in [-0.1, -0.05) is 25.3 Å². The highest BCUT2D eigenvalue weighted by molar-refractivity contribution is 14.0. The van der Waals surface area contributed by atoms with E-state index in [1.165, 1.54) is 32.3 Å². The van der Waals surface area contributed by atoms with Crippen molar-refractivity contribution in [1.82, 2.24) is 5.32 Å². The van der Waals surface area contributed by atoms with Crippen LogP contribution in [0, 0.1) is 11.6 Å². The van der Waals surface area contributed by atoms with Crippen LogP contribution in [0.3, 0.4) is 0 Å². The Balaban J connectivity index is 0.00000264. The average molecular weight is 439 g/mol. The largest absolute Gasteiger partial charge is 0.383 e. The van der Waals surface area contributed by atoms with Crippen LogP contribution in [-0.2, 0) is 5.60 Å². The number of aliphatic imine (C=N–C) groups is 1. The van der Waals surface area contributed by atoms with Gasteiger partial charge in [0.25, 0.3) is 0 Å². The van der Waals surface area contributed by atoms with E-state index in [4.69, 9.17) is 5.73 Å². The van der Waals surface area contributed by atoms with Gasteiger partial charge in [0.1, 0.15) is 17.2 Å². The molecule has 2 rings (SSSR count). The van der Waals surface area contributed by atoms with Gasteiger partial charge in [-0.25, -0.2) is 8.78 Å². The number of halogens is 3. The molecule has 7 heteroatoms. The molecule has 0 heterocycles. The standard InChI is InChI=1S/C16H23F2N3O.HI/c1-16(22,13-8-7-11(17)9-14(13)18)10-20-15(19)21-12-5-3-2-4-6-12;/h7-9,12,22H,2-6,10H2,1H3,(H3,19,20,21);1H. The van der Waals surface area contributed by atoms with Crippen LogP contribution in [0.1, 0.15) is 44.6 Å². The van der Waals surface area contributed by atoms with E-state index < -0.39 is 17.2 Å². The summed E-state index contributed by atoms with van der Waals surface area (Å²) in [7, 11) is 0. The van der Waals surface area contributed by atoms with Crippen molar-refractivity contribution in [1.29, 1.82) is 0 Å². The van der Waals surface area contributed by atoms with E-state index in [9.17, 15) is 13.9 Å². The normalized spacial score (nSPS) is 18.9. The van der Waals surface area contributed by atoms with Crippen molar-refractivity contribution in [3.8, 4) is 0 Å². The minimum Gasteiger partial charge on any atom is -0.383 e. The number of guanidine groups is 1. The molecule has 0 saturated heterocycles. The van der Waals surface area contributed by atoms with Crippen molar-refractivity contribution in [3.63, 3.8) is 0 Å². The third-order valence-corrected chi connectivity index (χ3v) is 4.03. The number of rotatable bonds is 4. The fraction of sp³-hybridized carbons (Fsp3) is 0.562. The summed E-state index contributed by atoms with van der Waals surface area (Å²) in [6.07, 6.45) is 5.69. The summed E-state index contributed by atoms with van der Waals surface area (Å²) in [6.45, 7) is 1.34. The topological polar surface area (TPSA) is 70.6 Å². The van der Waals surface area contributed by atoms with Crippen molar-refractivity contribution >= 4 is 29.9 Å². The first kappa shape index (κ1) is 20.1. The molecule has 0 spiro atoms. The van der Waals surface area contributed by atoms with Crippen molar-refractivity contribution < 1.29 is 13.9 Å². The minimum absolute atomic E-state index is 0. The van der Waals surface area contributed by atoms with E-state index in [-0.39, 0.29) is 42.0 Å². The Morgan fingerprint density at radius 3 is 2.61 bits per heavy atom. The first-order valence-corrected chi connectivity index (χ1v) is 7.63. The van der Waals surface area contributed by atoms with Gasteiger partial charge in [-0.3, -0.25) is 4.99 Å². The molecule has 1 aliphatic rings. The second-order valence-electron chi connectivity index (χ2n) is 6.08. The molecule has 0 aromatic heterocycles. The van der Waals surface area contributed by atoms with Gasteiger partial charge in [0.2, 0.25) is 0 Å². The number of hydrogen-bond acceptors (Lipinski definition) is 2. The predicted octanol–water partition coefficient (Wildman–Crippen LogP) is 3.03. The molecule has 1 atom stereocenters. The molecule has 1 aromatic carbocycles. The molecule has 23 heavy (non-hydrogen) atoms. The monoisotopic (exact) mass is 439 g/mol. The Morgan fingerprint density at radius 1 is 1.35 bits per heavy atom. The molecule has 130 valence electrons. The summed E-state index contributed by atoms with van der Waals surface area (Å²) in [5, 5.41) is 13.5. The number of benzene rings is 1. The molecule has 1 saturated carbocycles. The summed E-state index contributed by atoms with van der Waals surface area (Å²) in [5.41, 5.74) is 4.28. The van der Waals surface area contributed by atoms with Gasteiger partial charge in [-0.05, 0) is 25.8 Å². The fourth-order valence-corrected chi connectivity index (χ4v) is 2.75. The SMILES string of the molecule is CC(O)(CN=C(N)NC1CCCCC1)c1ccc(F)cc1F.I. The Kier molecular flexibility index (Phi) is 7.66. The van der Waals surface area contributed by atoms with E-state index in [1.807, 2.05) is 0 Å². The van der Waals surface area contributed by atoms with Crippen LogP contribution in [0.5, 0.6) is 0 Å². The lowest BCUT2D eigenvalue weighted by molar-refractivity contribution is 0.0632. The van der Waals surface area contributed by atoms with Crippen LogP contribution in [-0.4, -0.2) is 23.7 Å².